The van der Waals surface area contributed by atoms with Crippen molar-refractivity contribution in [2.45, 2.75) is 26.6 Å². The number of tetrazole rings is 1. The van der Waals surface area contributed by atoms with Gasteiger partial charge in [0.15, 0.2) is 5.82 Å². The van der Waals surface area contributed by atoms with Gasteiger partial charge in [-0.3, -0.25) is 4.90 Å². The Labute approximate surface area is 155 Å². The molecule has 26 heavy (non-hydrogen) atoms. The molecule has 0 unspecified atom stereocenters. The van der Waals surface area contributed by atoms with Crippen molar-refractivity contribution in [1.29, 1.82) is 0 Å². The van der Waals surface area contributed by atoms with Crippen LogP contribution in [0.1, 0.15) is 21.3 Å². The number of nitrogens with zero attached hydrogens (tertiary/aromatic N) is 5. The van der Waals surface area contributed by atoms with Gasteiger partial charge in [-0.15, -0.1) is 16.4 Å². The van der Waals surface area contributed by atoms with Gasteiger partial charge in [-0.2, -0.15) is 4.68 Å². The number of rotatable bonds is 7. The van der Waals surface area contributed by atoms with Gasteiger partial charge in [0.05, 0.1) is 25.0 Å². The zero-order chi connectivity index (χ0) is 17.8. The SMILES string of the molecule is Cc1ccc(CN(Cc2ccco2)Cc2nnnn2-c2ccccc2)s1. The number of aromatic nitrogens is 4. The van der Waals surface area contributed by atoms with Crippen LogP contribution >= 0.6 is 11.3 Å². The average molecular weight is 365 g/mol. The summed E-state index contributed by atoms with van der Waals surface area (Å²) in [6.45, 7) is 4.27. The molecule has 0 saturated heterocycles. The molecule has 0 saturated carbocycles. The highest BCUT2D eigenvalue weighted by Crippen LogP contribution is 2.20. The Morgan fingerprint density at radius 1 is 1.00 bits per heavy atom. The van der Waals surface area contributed by atoms with E-state index in [2.05, 4.69) is 39.5 Å². The Hall–Kier alpha value is -2.77. The predicted octanol–water partition coefficient (Wildman–Crippen LogP) is 3.83. The molecule has 0 amide bonds. The third-order valence-electron chi connectivity index (χ3n) is 4.03. The molecule has 132 valence electrons. The van der Waals surface area contributed by atoms with Gasteiger partial charge in [-0.25, -0.2) is 0 Å². The Morgan fingerprint density at radius 3 is 2.62 bits per heavy atom. The monoisotopic (exact) mass is 365 g/mol. The Balaban J connectivity index is 1.57. The molecule has 3 aromatic heterocycles. The Morgan fingerprint density at radius 2 is 1.88 bits per heavy atom. The number of hydrogen-bond acceptors (Lipinski definition) is 6. The molecule has 3 heterocycles. The minimum atomic E-state index is 0.625. The van der Waals surface area contributed by atoms with Gasteiger partial charge in [0.1, 0.15) is 5.76 Å². The number of benzene rings is 1. The van der Waals surface area contributed by atoms with Gasteiger partial charge in [-0.05, 0) is 53.7 Å². The number of aryl methyl sites for hydroxylation is 1. The summed E-state index contributed by atoms with van der Waals surface area (Å²) in [5, 5.41) is 12.3. The van der Waals surface area contributed by atoms with Crippen LogP contribution in [0.3, 0.4) is 0 Å². The van der Waals surface area contributed by atoms with Crippen molar-refractivity contribution in [1.82, 2.24) is 25.1 Å². The number of furan rings is 1. The van der Waals surface area contributed by atoms with Crippen molar-refractivity contribution in [2.75, 3.05) is 0 Å². The fraction of sp³-hybridized carbons (Fsp3) is 0.211. The molecule has 1 aromatic carbocycles. The highest BCUT2D eigenvalue weighted by molar-refractivity contribution is 7.11. The smallest absolute Gasteiger partial charge is 0.170 e. The van der Waals surface area contributed by atoms with E-state index in [1.165, 1.54) is 9.75 Å². The maximum Gasteiger partial charge on any atom is 0.170 e. The molecule has 0 atom stereocenters. The van der Waals surface area contributed by atoms with Crippen LogP contribution in [0.15, 0.2) is 65.3 Å². The third-order valence-corrected chi connectivity index (χ3v) is 5.02. The number of para-hydroxylation sites is 1. The van der Waals surface area contributed by atoms with Gasteiger partial charge in [-0.1, -0.05) is 18.2 Å². The van der Waals surface area contributed by atoms with Crippen molar-refractivity contribution in [3.05, 3.63) is 82.2 Å². The molecule has 7 heteroatoms. The fourth-order valence-electron chi connectivity index (χ4n) is 2.86. The lowest BCUT2D eigenvalue weighted by molar-refractivity contribution is 0.221. The van der Waals surface area contributed by atoms with E-state index in [0.717, 1.165) is 23.8 Å². The zero-order valence-electron chi connectivity index (χ0n) is 14.4. The van der Waals surface area contributed by atoms with E-state index < -0.39 is 0 Å². The molecule has 0 fully saturated rings. The molecule has 4 rings (SSSR count). The molecular formula is C19H19N5OS. The summed E-state index contributed by atoms with van der Waals surface area (Å²) in [5.74, 6) is 1.73. The summed E-state index contributed by atoms with van der Waals surface area (Å²) in [6, 6.07) is 18.2. The molecular weight excluding hydrogens is 346 g/mol. The van der Waals surface area contributed by atoms with Gasteiger partial charge in [0, 0.05) is 16.3 Å². The first kappa shape index (κ1) is 16.7. The van der Waals surface area contributed by atoms with Gasteiger partial charge in [0.2, 0.25) is 0 Å². The van der Waals surface area contributed by atoms with Crippen molar-refractivity contribution < 1.29 is 4.42 Å². The first-order valence-corrected chi connectivity index (χ1v) is 9.22. The maximum absolute atomic E-state index is 5.54. The molecule has 0 radical (unpaired) electrons. The van der Waals surface area contributed by atoms with Crippen molar-refractivity contribution in [3.8, 4) is 5.69 Å². The second-order valence-electron chi connectivity index (χ2n) is 6.08. The summed E-state index contributed by atoms with van der Waals surface area (Å²) >= 11 is 1.81. The normalized spacial score (nSPS) is 11.3. The van der Waals surface area contributed by atoms with E-state index in [-0.39, 0.29) is 0 Å². The fourth-order valence-corrected chi connectivity index (χ4v) is 3.79. The third kappa shape index (κ3) is 3.89. The van der Waals surface area contributed by atoms with Crippen LogP contribution in [0.5, 0.6) is 0 Å². The van der Waals surface area contributed by atoms with Crippen LogP contribution in [0.2, 0.25) is 0 Å². The van der Waals surface area contributed by atoms with E-state index in [1.807, 2.05) is 53.8 Å². The molecule has 4 aromatic rings. The largest absolute Gasteiger partial charge is 0.468 e. The van der Waals surface area contributed by atoms with Crippen molar-refractivity contribution in [2.24, 2.45) is 0 Å². The quantitative estimate of drug-likeness (QED) is 0.498. The summed E-state index contributed by atoms with van der Waals surface area (Å²) in [7, 11) is 0. The highest BCUT2D eigenvalue weighted by Gasteiger charge is 2.16. The lowest BCUT2D eigenvalue weighted by atomic mass is 10.3. The zero-order valence-corrected chi connectivity index (χ0v) is 15.3. The summed E-state index contributed by atoms with van der Waals surface area (Å²) in [6.07, 6.45) is 1.71. The minimum Gasteiger partial charge on any atom is -0.468 e. The van der Waals surface area contributed by atoms with Crippen LogP contribution in [0.25, 0.3) is 5.69 Å². The van der Waals surface area contributed by atoms with E-state index in [9.17, 15) is 0 Å². The first-order chi connectivity index (χ1) is 12.8. The van der Waals surface area contributed by atoms with Crippen LogP contribution in [-0.4, -0.2) is 25.1 Å². The standard InChI is InChI=1S/C19H19N5OS/c1-15-9-10-18(26-15)13-23(12-17-8-5-11-25-17)14-19-20-21-22-24(19)16-6-3-2-4-7-16/h2-11H,12-14H2,1H3. The summed E-state index contributed by atoms with van der Waals surface area (Å²) < 4.78 is 7.33. The van der Waals surface area contributed by atoms with Gasteiger partial charge in [0.25, 0.3) is 0 Å². The van der Waals surface area contributed by atoms with Crippen LogP contribution in [0, 0.1) is 6.92 Å². The maximum atomic E-state index is 5.54. The van der Waals surface area contributed by atoms with E-state index in [0.29, 0.717) is 13.1 Å². The second-order valence-corrected chi connectivity index (χ2v) is 7.45. The summed E-state index contributed by atoms with van der Waals surface area (Å²) in [4.78, 5) is 4.91. The van der Waals surface area contributed by atoms with E-state index >= 15 is 0 Å². The topological polar surface area (TPSA) is 60.0 Å². The predicted molar refractivity (Wildman–Crippen MR) is 99.9 cm³/mol. The number of hydrogen-bond donors (Lipinski definition) is 0. The molecule has 0 N–H and O–H groups in total. The minimum absolute atomic E-state index is 0.625. The average Bonchev–Trinajstić information content (AvgIpc) is 3.39. The van der Waals surface area contributed by atoms with Crippen LogP contribution in [0.4, 0.5) is 0 Å². The molecule has 6 nitrogen and oxygen atoms in total. The van der Waals surface area contributed by atoms with Gasteiger partial charge < -0.3 is 4.42 Å². The number of thiophene rings is 1. The molecule has 0 aliphatic rings. The van der Waals surface area contributed by atoms with Gasteiger partial charge >= 0.3 is 0 Å². The molecule has 0 spiro atoms. The molecule has 0 aliphatic heterocycles. The van der Waals surface area contributed by atoms with E-state index in [4.69, 9.17) is 4.42 Å². The van der Waals surface area contributed by atoms with Crippen LogP contribution in [-0.2, 0) is 19.6 Å². The Kier molecular flexibility index (Phi) is 4.90. The second kappa shape index (κ2) is 7.63. The summed E-state index contributed by atoms with van der Waals surface area (Å²) in [5.41, 5.74) is 0.956. The lowest BCUT2D eigenvalue weighted by Gasteiger charge is -2.20. The van der Waals surface area contributed by atoms with Crippen molar-refractivity contribution in [3.63, 3.8) is 0 Å². The lowest BCUT2D eigenvalue weighted by Crippen LogP contribution is -2.24. The molecule has 0 aliphatic carbocycles. The van der Waals surface area contributed by atoms with Crippen molar-refractivity contribution >= 4 is 11.3 Å². The first-order valence-electron chi connectivity index (χ1n) is 8.40. The highest BCUT2D eigenvalue weighted by atomic mass is 32.1. The Bertz CT molecular complexity index is 945. The molecule has 0 bridgehead atoms. The van der Waals surface area contributed by atoms with Crippen LogP contribution < -0.4 is 0 Å². The van der Waals surface area contributed by atoms with E-state index in [1.54, 1.807) is 10.9 Å².